The second-order valence-corrected chi connectivity index (χ2v) is 6.28. The first-order chi connectivity index (χ1) is 8.66. The quantitative estimate of drug-likeness (QED) is 0.819. The zero-order chi connectivity index (χ0) is 13.0. The third-order valence-corrected chi connectivity index (χ3v) is 4.73. The lowest BCUT2D eigenvalue weighted by Gasteiger charge is -2.33. The van der Waals surface area contributed by atoms with E-state index >= 15 is 0 Å². The van der Waals surface area contributed by atoms with Crippen molar-refractivity contribution in [1.29, 1.82) is 0 Å². The normalized spacial score (nSPS) is 21.7. The molecule has 1 atom stereocenters. The van der Waals surface area contributed by atoms with E-state index in [1.54, 1.807) is 0 Å². The molecule has 4 nitrogen and oxygen atoms in total. The highest BCUT2D eigenvalue weighted by molar-refractivity contribution is 7.05. The molecular weight excluding hydrogens is 244 g/mol. The molecule has 18 heavy (non-hydrogen) atoms. The standard InChI is InChI=1S/C13H24N4S/c1-11-13(18-15-14-11)10-16(2)9-7-12-6-4-5-8-17(12)3/h12H,4-10H2,1-3H3. The van der Waals surface area contributed by atoms with Gasteiger partial charge < -0.3 is 9.80 Å². The largest absolute Gasteiger partial charge is 0.303 e. The highest BCUT2D eigenvalue weighted by Crippen LogP contribution is 2.18. The minimum atomic E-state index is 0.780. The first-order valence-corrected chi connectivity index (χ1v) is 7.61. The molecule has 102 valence electrons. The zero-order valence-corrected chi connectivity index (χ0v) is 12.5. The van der Waals surface area contributed by atoms with E-state index in [1.165, 1.54) is 48.6 Å². The monoisotopic (exact) mass is 268 g/mol. The average molecular weight is 268 g/mol. The van der Waals surface area contributed by atoms with E-state index in [4.69, 9.17) is 0 Å². The second kappa shape index (κ2) is 6.59. The third-order valence-electron chi connectivity index (χ3n) is 3.92. The Morgan fingerprint density at radius 2 is 2.28 bits per heavy atom. The number of nitrogens with zero attached hydrogens (tertiary/aromatic N) is 4. The van der Waals surface area contributed by atoms with Gasteiger partial charge in [-0.15, -0.1) is 5.10 Å². The van der Waals surface area contributed by atoms with Crippen LogP contribution in [0.25, 0.3) is 0 Å². The summed E-state index contributed by atoms with van der Waals surface area (Å²) in [5.41, 5.74) is 1.08. The van der Waals surface area contributed by atoms with Gasteiger partial charge >= 0.3 is 0 Å². The van der Waals surface area contributed by atoms with Gasteiger partial charge in [-0.2, -0.15) is 0 Å². The predicted molar refractivity (Wildman–Crippen MR) is 75.9 cm³/mol. The van der Waals surface area contributed by atoms with Gasteiger partial charge in [-0.25, -0.2) is 0 Å². The molecule has 1 aromatic heterocycles. The zero-order valence-electron chi connectivity index (χ0n) is 11.7. The first kappa shape index (κ1) is 13.9. The van der Waals surface area contributed by atoms with Crippen molar-refractivity contribution in [3.05, 3.63) is 10.6 Å². The third kappa shape index (κ3) is 3.73. The maximum Gasteiger partial charge on any atom is 0.0769 e. The van der Waals surface area contributed by atoms with Gasteiger partial charge in [0.1, 0.15) is 0 Å². The Bertz CT molecular complexity index is 366. The van der Waals surface area contributed by atoms with Gasteiger partial charge in [-0.05, 0) is 64.9 Å². The van der Waals surface area contributed by atoms with Crippen molar-refractivity contribution in [2.24, 2.45) is 0 Å². The van der Waals surface area contributed by atoms with Crippen LogP contribution in [0.5, 0.6) is 0 Å². The Hall–Kier alpha value is -0.520. The van der Waals surface area contributed by atoms with Crippen molar-refractivity contribution in [1.82, 2.24) is 19.4 Å². The van der Waals surface area contributed by atoms with Crippen LogP contribution in [0.1, 0.15) is 36.3 Å². The Kier molecular flexibility index (Phi) is 5.09. The highest BCUT2D eigenvalue weighted by Gasteiger charge is 2.19. The van der Waals surface area contributed by atoms with Crippen LogP contribution in [-0.4, -0.2) is 52.6 Å². The fourth-order valence-electron chi connectivity index (χ4n) is 2.60. The van der Waals surface area contributed by atoms with Crippen LogP contribution in [0.4, 0.5) is 0 Å². The van der Waals surface area contributed by atoms with E-state index in [1.807, 2.05) is 6.92 Å². The Balaban J connectivity index is 1.74. The molecule has 2 heterocycles. The summed E-state index contributed by atoms with van der Waals surface area (Å²) in [6.07, 6.45) is 5.41. The van der Waals surface area contributed by atoms with Crippen molar-refractivity contribution in [3.63, 3.8) is 0 Å². The van der Waals surface area contributed by atoms with Crippen molar-refractivity contribution < 1.29 is 0 Å². The Morgan fingerprint density at radius 3 is 2.94 bits per heavy atom. The van der Waals surface area contributed by atoms with E-state index in [2.05, 4.69) is 33.5 Å². The Morgan fingerprint density at radius 1 is 1.44 bits per heavy atom. The maximum absolute atomic E-state index is 4.07. The van der Waals surface area contributed by atoms with Crippen molar-refractivity contribution in [2.75, 3.05) is 27.2 Å². The van der Waals surface area contributed by atoms with Gasteiger partial charge in [-0.1, -0.05) is 10.9 Å². The fraction of sp³-hybridized carbons (Fsp3) is 0.846. The smallest absolute Gasteiger partial charge is 0.0769 e. The van der Waals surface area contributed by atoms with Crippen LogP contribution in [0, 0.1) is 6.92 Å². The molecule has 0 amide bonds. The number of hydrogen-bond acceptors (Lipinski definition) is 5. The summed E-state index contributed by atoms with van der Waals surface area (Å²) >= 11 is 1.53. The van der Waals surface area contributed by atoms with E-state index in [9.17, 15) is 0 Å². The molecule has 1 aromatic rings. The van der Waals surface area contributed by atoms with Crippen LogP contribution < -0.4 is 0 Å². The van der Waals surface area contributed by atoms with Gasteiger partial charge in [0.15, 0.2) is 0 Å². The summed E-state index contributed by atoms with van der Waals surface area (Å²) in [6, 6.07) is 0.780. The van der Waals surface area contributed by atoms with Gasteiger partial charge in [-0.3, -0.25) is 0 Å². The van der Waals surface area contributed by atoms with Crippen LogP contribution in [-0.2, 0) is 6.54 Å². The number of aromatic nitrogens is 2. The summed E-state index contributed by atoms with van der Waals surface area (Å²) in [5, 5.41) is 4.07. The fourth-order valence-corrected chi connectivity index (χ4v) is 3.31. The Labute approximate surface area is 114 Å². The van der Waals surface area contributed by atoms with Crippen molar-refractivity contribution >= 4 is 11.5 Å². The second-order valence-electron chi connectivity index (χ2n) is 5.44. The summed E-state index contributed by atoms with van der Waals surface area (Å²) in [7, 11) is 4.46. The molecule has 0 radical (unpaired) electrons. The number of aryl methyl sites for hydroxylation is 1. The number of likely N-dealkylation sites (tertiary alicyclic amines) is 1. The minimum absolute atomic E-state index is 0.780. The van der Waals surface area contributed by atoms with Crippen molar-refractivity contribution in [2.45, 2.75) is 45.2 Å². The van der Waals surface area contributed by atoms with Crippen LogP contribution >= 0.6 is 11.5 Å². The molecule has 1 saturated heterocycles. The summed E-state index contributed by atoms with van der Waals surface area (Å²) in [4.78, 5) is 6.22. The molecule has 1 fully saturated rings. The van der Waals surface area contributed by atoms with Crippen molar-refractivity contribution in [3.8, 4) is 0 Å². The molecule has 1 unspecified atom stereocenters. The molecule has 1 aliphatic heterocycles. The van der Waals surface area contributed by atoms with E-state index in [0.29, 0.717) is 0 Å². The number of piperidine rings is 1. The van der Waals surface area contributed by atoms with Crippen LogP contribution in [0.2, 0.25) is 0 Å². The predicted octanol–water partition coefficient (Wildman–Crippen LogP) is 2.15. The van der Waals surface area contributed by atoms with E-state index in [-0.39, 0.29) is 0 Å². The summed E-state index contributed by atoms with van der Waals surface area (Å²) in [6.45, 7) is 5.46. The number of rotatable bonds is 5. The number of hydrogen-bond donors (Lipinski definition) is 0. The SMILES string of the molecule is Cc1nnsc1CN(C)CCC1CCCCN1C. The molecule has 0 N–H and O–H groups in total. The lowest BCUT2D eigenvalue weighted by atomic mass is 10.00. The topological polar surface area (TPSA) is 32.3 Å². The lowest BCUT2D eigenvalue weighted by molar-refractivity contribution is 0.159. The first-order valence-electron chi connectivity index (χ1n) is 6.83. The van der Waals surface area contributed by atoms with Gasteiger partial charge in [0.25, 0.3) is 0 Å². The molecule has 1 aliphatic rings. The average Bonchev–Trinajstić information content (AvgIpc) is 2.74. The highest BCUT2D eigenvalue weighted by atomic mass is 32.1. The van der Waals surface area contributed by atoms with Gasteiger partial charge in [0, 0.05) is 12.6 Å². The van der Waals surface area contributed by atoms with E-state index < -0.39 is 0 Å². The summed E-state index contributed by atoms with van der Waals surface area (Å²) in [5.74, 6) is 0. The molecule has 5 heteroatoms. The molecule has 0 spiro atoms. The molecule has 0 bridgehead atoms. The molecule has 2 rings (SSSR count). The summed E-state index contributed by atoms with van der Waals surface area (Å²) < 4.78 is 3.99. The lowest BCUT2D eigenvalue weighted by Crippen LogP contribution is -2.38. The molecule has 0 aliphatic carbocycles. The van der Waals surface area contributed by atoms with Gasteiger partial charge in [0.05, 0.1) is 10.6 Å². The van der Waals surface area contributed by atoms with Gasteiger partial charge in [0.2, 0.25) is 0 Å². The molecule has 0 aromatic carbocycles. The van der Waals surface area contributed by atoms with Crippen LogP contribution in [0.3, 0.4) is 0 Å². The molecular formula is C13H24N4S. The van der Waals surface area contributed by atoms with E-state index in [0.717, 1.165) is 24.8 Å². The maximum atomic E-state index is 4.07. The molecule has 0 saturated carbocycles. The minimum Gasteiger partial charge on any atom is -0.303 e. The van der Waals surface area contributed by atoms with Crippen LogP contribution in [0.15, 0.2) is 0 Å².